The van der Waals surface area contributed by atoms with E-state index in [0.717, 1.165) is 12.1 Å². The minimum absolute atomic E-state index is 0.00572. The van der Waals surface area contributed by atoms with Gasteiger partial charge in [-0.1, -0.05) is 0 Å². The number of anilines is 1. The van der Waals surface area contributed by atoms with E-state index in [4.69, 9.17) is 0 Å². The Bertz CT molecular complexity index is 551. The summed E-state index contributed by atoms with van der Waals surface area (Å²) in [5.41, 5.74) is 0.435. The number of carbonyl (C=O) groups excluding carboxylic acids is 1. The van der Waals surface area contributed by atoms with Crippen molar-refractivity contribution in [2.45, 2.75) is 6.18 Å². The number of alkyl halides is 3. The Morgan fingerprint density at radius 3 is 2.61 bits per heavy atom. The Hall–Kier alpha value is -1.89. The van der Waals surface area contributed by atoms with Gasteiger partial charge in [0.25, 0.3) is 5.91 Å². The Labute approximate surface area is 104 Å². The molecule has 0 aliphatic rings. The number of aromatic nitrogens is 1. The lowest BCUT2D eigenvalue weighted by molar-refractivity contribution is -0.134. The highest BCUT2D eigenvalue weighted by molar-refractivity contribution is 7.14. The molecule has 1 N–H and O–H groups in total. The standard InChI is InChI=1S/C11H7F3N2OS/c12-11(13,14)9-4-3-8(18-9)10(17)16-7-2-1-5-15-6-7/h1-6H,(H,16,17). The van der Waals surface area contributed by atoms with Crippen LogP contribution in [0.25, 0.3) is 0 Å². The van der Waals surface area contributed by atoms with Crippen molar-refractivity contribution in [3.63, 3.8) is 0 Å². The van der Waals surface area contributed by atoms with E-state index >= 15 is 0 Å². The number of halogens is 3. The number of rotatable bonds is 2. The second-order valence-corrected chi connectivity index (χ2v) is 4.44. The third-order valence-electron chi connectivity index (χ3n) is 2.03. The number of carbonyl (C=O) groups is 1. The van der Waals surface area contributed by atoms with Crippen LogP contribution < -0.4 is 5.32 Å². The van der Waals surface area contributed by atoms with Crippen LogP contribution in [0.5, 0.6) is 0 Å². The first-order valence-electron chi connectivity index (χ1n) is 4.85. The predicted molar refractivity (Wildman–Crippen MR) is 61.5 cm³/mol. The van der Waals surface area contributed by atoms with Crippen molar-refractivity contribution in [2.75, 3.05) is 5.32 Å². The summed E-state index contributed by atoms with van der Waals surface area (Å²) in [6.07, 6.45) is -1.48. The minimum Gasteiger partial charge on any atom is -0.320 e. The highest BCUT2D eigenvalue weighted by atomic mass is 32.1. The largest absolute Gasteiger partial charge is 0.425 e. The molecule has 0 aliphatic carbocycles. The summed E-state index contributed by atoms with van der Waals surface area (Å²) in [5.74, 6) is -0.580. The Morgan fingerprint density at radius 1 is 1.28 bits per heavy atom. The maximum Gasteiger partial charge on any atom is 0.425 e. The summed E-state index contributed by atoms with van der Waals surface area (Å²) in [5, 5.41) is 2.46. The first-order valence-corrected chi connectivity index (χ1v) is 5.67. The van der Waals surface area contributed by atoms with Crippen molar-refractivity contribution < 1.29 is 18.0 Å². The molecule has 7 heteroatoms. The van der Waals surface area contributed by atoms with Gasteiger partial charge in [-0.15, -0.1) is 11.3 Å². The summed E-state index contributed by atoms with van der Waals surface area (Å²) < 4.78 is 37.1. The maximum absolute atomic E-state index is 12.4. The van der Waals surface area contributed by atoms with Crippen molar-refractivity contribution in [2.24, 2.45) is 0 Å². The Morgan fingerprint density at radius 2 is 2.06 bits per heavy atom. The minimum atomic E-state index is -4.42. The SMILES string of the molecule is O=C(Nc1cccnc1)c1ccc(C(F)(F)F)s1. The number of nitrogens with zero attached hydrogens (tertiary/aromatic N) is 1. The summed E-state index contributed by atoms with van der Waals surface area (Å²) in [7, 11) is 0. The average Bonchev–Trinajstić information content (AvgIpc) is 2.79. The fourth-order valence-electron chi connectivity index (χ4n) is 1.24. The van der Waals surface area contributed by atoms with E-state index in [1.807, 2.05) is 0 Å². The molecule has 0 bridgehead atoms. The third kappa shape index (κ3) is 2.86. The van der Waals surface area contributed by atoms with Gasteiger partial charge in [0.15, 0.2) is 0 Å². The normalized spacial score (nSPS) is 11.3. The number of thiophene rings is 1. The summed E-state index contributed by atoms with van der Waals surface area (Å²) >= 11 is 0.410. The Kier molecular flexibility index (Phi) is 3.33. The molecule has 0 radical (unpaired) electrons. The maximum atomic E-state index is 12.4. The first-order chi connectivity index (χ1) is 8.47. The smallest absolute Gasteiger partial charge is 0.320 e. The second-order valence-electron chi connectivity index (χ2n) is 3.36. The zero-order chi connectivity index (χ0) is 13.2. The molecular formula is C11H7F3N2OS. The van der Waals surface area contributed by atoms with E-state index in [9.17, 15) is 18.0 Å². The number of hydrogen-bond acceptors (Lipinski definition) is 3. The molecule has 94 valence electrons. The van der Waals surface area contributed by atoms with E-state index < -0.39 is 17.0 Å². The lowest BCUT2D eigenvalue weighted by atomic mass is 10.3. The molecule has 0 saturated carbocycles. The number of amides is 1. The van der Waals surface area contributed by atoms with Crippen LogP contribution in [-0.2, 0) is 6.18 Å². The molecule has 2 rings (SSSR count). The van der Waals surface area contributed by atoms with E-state index in [2.05, 4.69) is 10.3 Å². The van der Waals surface area contributed by atoms with Crippen LogP contribution in [0.15, 0.2) is 36.7 Å². The molecule has 0 aromatic carbocycles. The first kappa shape index (κ1) is 12.6. The van der Waals surface area contributed by atoms with E-state index in [1.165, 1.54) is 12.4 Å². The monoisotopic (exact) mass is 272 g/mol. The van der Waals surface area contributed by atoms with Crippen LogP contribution in [0.4, 0.5) is 18.9 Å². The molecule has 1 amide bonds. The molecule has 0 spiro atoms. The Balaban J connectivity index is 2.13. The van der Waals surface area contributed by atoms with Gasteiger partial charge in [-0.25, -0.2) is 0 Å². The fraction of sp³-hybridized carbons (Fsp3) is 0.0909. The second kappa shape index (κ2) is 4.77. The molecule has 18 heavy (non-hydrogen) atoms. The van der Waals surface area contributed by atoms with Crippen LogP contribution in [0.2, 0.25) is 0 Å². The zero-order valence-corrected chi connectivity index (χ0v) is 9.68. The van der Waals surface area contributed by atoms with Gasteiger partial charge in [0.2, 0.25) is 0 Å². The highest BCUT2D eigenvalue weighted by Crippen LogP contribution is 2.34. The molecule has 0 aliphatic heterocycles. The van der Waals surface area contributed by atoms with Gasteiger partial charge >= 0.3 is 6.18 Å². The summed E-state index contributed by atoms with van der Waals surface area (Å²) in [6.45, 7) is 0. The van der Waals surface area contributed by atoms with E-state index in [-0.39, 0.29) is 4.88 Å². The predicted octanol–water partition coefficient (Wildman–Crippen LogP) is 3.41. The van der Waals surface area contributed by atoms with Gasteiger partial charge in [-0.05, 0) is 24.3 Å². The molecule has 2 aromatic heterocycles. The van der Waals surface area contributed by atoms with Crippen molar-refractivity contribution >= 4 is 22.9 Å². The molecule has 3 nitrogen and oxygen atoms in total. The molecule has 0 atom stereocenters. The van der Waals surface area contributed by atoms with Gasteiger partial charge < -0.3 is 5.32 Å². The molecule has 0 saturated heterocycles. The lowest BCUT2D eigenvalue weighted by Crippen LogP contribution is -2.10. The molecule has 2 heterocycles. The van der Waals surface area contributed by atoms with Crippen LogP contribution in [0.3, 0.4) is 0 Å². The van der Waals surface area contributed by atoms with Crippen molar-refractivity contribution in [3.05, 3.63) is 46.4 Å². The van der Waals surface area contributed by atoms with E-state index in [1.54, 1.807) is 12.1 Å². The van der Waals surface area contributed by atoms with Crippen LogP contribution >= 0.6 is 11.3 Å². The van der Waals surface area contributed by atoms with Crippen LogP contribution in [0.1, 0.15) is 14.5 Å². The molecule has 0 unspecified atom stereocenters. The number of nitrogens with one attached hydrogen (secondary N) is 1. The number of hydrogen-bond donors (Lipinski definition) is 1. The average molecular weight is 272 g/mol. The van der Waals surface area contributed by atoms with Crippen molar-refractivity contribution in [1.82, 2.24) is 4.98 Å². The fourth-order valence-corrected chi connectivity index (χ4v) is 2.01. The molecule has 2 aromatic rings. The lowest BCUT2D eigenvalue weighted by Gasteiger charge is -2.02. The van der Waals surface area contributed by atoms with Crippen LogP contribution in [-0.4, -0.2) is 10.9 Å². The third-order valence-corrected chi connectivity index (χ3v) is 3.16. The molecular weight excluding hydrogens is 265 g/mol. The molecule has 0 fully saturated rings. The van der Waals surface area contributed by atoms with Crippen LogP contribution in [0, 0.1) is 0 Å². The number of pyridine rings is 1. The van der Waals surface area contributed by atoms with E-state index in [0.29, 0.717) is 17.0 Å². The van der Waals surface area contributed by atoms with Gasteiger partial charge in [0, 0.05) is 6.20 Å². The summed E-state index contributed by atoms with van der Waals surface area (Å²) in [4.78, 5) is 14.7. The van der Waals surface area contributed by atoms with Crippen molar-refractivity contribution in [1.29, 1.82) is 0 Å². The highest BCUT2D eigenvalue weighted by Gasteiger charge is 2.33. The van der Waals surface area contributed by atoms with Gasteiger partial charge in [0.05, 0.1) is 16.8 Å². The van der Waals surface area contributed by atoms with Gasteiger partial charge in [-0.3, -0.25) is 9.78 Å². The quantitative estimate of drug-likeness (QED) is 0.910. The van der Waals surface area contributed by atoms with Crippen molar-refractivity contribution in [3.8, 4) is 0 Å². The van der Waals surface area contributed by atoms with Gasteiger partial charge in [0.1, 0.15) is 4.88 Å². The zero-order valence-electron chi connectivity index (χ0n) is 8.86. The topological polar surface area (TPSA) is 42.0 Å². The van der Waals surface area contributed by atoms with Gasteiger partial charge in [-0.2, -0.15) is 13.2 Å². The summed E-state index contributed by atoms with van der Waals surface area (Å²) in [6, 6.07) is 5.26.